The zero-order chi connectivity index (χ0) is 19.5. The molecule has 0 unspecified atom stereocenters. The van der Waals surface area contributed by atoms with Crippen LogP contribution in [0.25, 0.3) is 16.6 Å². The van der Waals surface area contributed by atoms with Gasteiger partial charge in [-0.1, -0.05) is 12.1 Å². The van der Waals surface area contributed by atoms with Gasteiger partial charge in [0, 0.05) is 23.7 Å². The second-order valence-electron chi connectivity index (χ2n) is 7.13. The Morgan fingerprint density at radius 1 is 1.14 bits per heavy atom. The van der Waals surface area contributed by atoms with E-state index in [1.807, 2.05) is 24.4 Å². The highest BCUT2D eigenvalue weighted by molar-refractivity contribution is 6.04. The first kappa shape index (κ1) is 18.2. The van der Waals surface area contributed by atoms with E-state index in [0.29, 0.717) is 29.1 Å². The number of benzene rings is 2. The van der Waals surface area contributed by atoms with Crippen molar-refractivity contribution in [2.45, 2.75) is 12.8 Å². The van der Waals surface area contributed by atoms with Crippen LogP contribution in [0.15, 0.2) is 48.7 Å². The lowest BCUT2D eigenvalue weighted by Gasteiger charge is -2.22. The Morgan fingerprint density at radius 3 is 2.61 bits per heavy atom. The first-order valence-electron chi connectivity index (χ1n) is 9.49. The Hall–Kier alpha value is -3.19. The average molecular weight is 377 g/mol. The lowest BCUT2D eigenvalue weighted by Crippen LogP contribution is -2.35. The summed E-state index contributed by atoms with van der Waals surface area (Å²) < 4.78 is 1.69. The third kappa shape index (κ3) is 3.75. The van der Waals surface area contributed by atoms with E-state index in [9.17, 15) is 9.59 Å². The number of nitrogens with one attached hydrogen (secondary N) is 2. The van der Waals surface area contributed by atoms with Crippen LogP contribution in [0, 0.1) is 5.92 Å². The SMILES string of the molecule is NC(=O)c1cccc2cn(-c3ccc(C(=O)NCC4CCNCC4)cc3)nc12. The summed E-state index contributed by atoms with van der Waals surface area (Å²) in [5, 5.41) is 11.7. The number of fused-ring (bicyclic) bond motifs is 1. The van der Waals surface area contributed by atoms with Gasteiger partial charge in [0.05, 0.1) is 11.3 Å². The van der Waals surface area contributed by atoms with E-state index in [1.54, 1.807) is 28.9 Å². The molecular formula is C21H23N5O2. The molecule has 7 heteroatoms. The quantitative estimate of drug-likeness (QED) is 0.631. The minimum absolute atomic E-state index is 0.0632. The molecule has 7 nitrogen and oxygen atoms in total. The molecule has 3 aromatic rings. The van der Waals surface area contributed by atoms with Crippen molar-refractivity contribution in [3.8, 4) is 5.69 Å². The van der Waals surface area contributed by atoms with Gasteiger partial charge >= 0.3 is 0 Å². The standard InChI is InChI=1S/C21H23N5O2/c22-20(27)18-3-1-2-16-13-26(25-19(16)18)17-6-4-15(5-7-17)21(28)24-12-14-8-10-23-11-9-14/h1-7,13-14,23H,8-12H2,(H2,22,27)(H,24,28). The fourth-order valence-corrected chi connectivity index (χ4v) is 3.57. The van der Waals surface area contributed by atoms with E-state index in [2.05, 4.69) is 15.7 Å². The predicted octanol–water partition coefficient (Wildman–Crippen LogP) is 1.85. The second kappa shape index (κ2) is 7.82. The number of amides is 2. The summed E-state index contributed by atoms with van der Waals surface area (Å²) in [6, 6.07) is 12.6. The van der Waals surface area contributed by atoms with Gasteiger partial charge in [-0.05, 0) is 62.2 Å². The van der Waals surface area contributed by atoms with Crippen LogP contribution in [-0.4, -0.2) is 41.2 Å². The van der Waals surface area contributed by atoms with Crippen molar-refractivity contribution in [1.82, 2.24) is 20.4 Å². The van der Waals surface area contributed by atoms with Crippen LogP contribution in [0.2, 0.25) is 0 Å². The molecule has 1 saturated heterocycles. The molecule has 1 aliphatic rings. The van der Waals surface area contributed by atoms with Crippen LogP contribution in [-0.2, 0) is 0 Å². The largest absolute Gasteiger partial charge is 0.366 e. The van der Waals surface area contributed by atoms with Crippen LogP contribution in [0.5, 0.6) is 0 Å². The van der Waals surface area contributed by atoms with Crippen molar-refractivity contribution >= 4 is 22.7 Å². The molecule has 0 aliphatic carbocycles. The number of carbonyl (C=O) groups is 2. The molecular weight excluding hydrogens is 354 g/mol. The van der Waals surface area contributed by atoms with Crippen LogP contribution in [0.4, 0.5) is 0 Å². The number of rotatable bonds is 5. The highest BCUT2D eigenvalue weighted by Crippen LogP contribution is 2.19. The van der Waals surface area contributed by atoms with Crippen molar-refractivity contribution in [1.29, 1.82) is 0 Å². The van der Waals surface area contributed by atoms with E-state index in [0.717, 1.165) is 37.0 Å². The second-order valence-corrected chi connectivity index (χ2v) is 7.13. The van der Waals surface area contributed by atoms with E-state index < -0.39 is 5.91 Å². The van der Waals surface area contributed by atoms with Crippen LogP contribution in [0.3, 0.4) is 0 Å². The van der Waals surface area contributed by atoms with Gasteiger partial charge in [0.15, 0.2) is 0 Å². The molecule has 2 aromatic carbocycles. The zero-order valence-corrected chi connectivity index (χ0v) is 15.5. The lowest BCUT2D eigenvalue weighted by atomic mass is 9.98. The van der Waals surface area contributed by atoms with Gasteiger partial charge in [0.1, 0.15) is 5.52 Å². The Balaban J connectivity index is 1.48. The Labute approximate surface area is 162 Å². The summed E-state index contributed by atoms with van der Waals surface area (Å²) in [6.07, 6.45) is 4.03. The fraction of sp³-hybridized carbons (Fsp3) is 0.286. The summed E-state index contributed by atoms with van der Waals surface area (Å²) in [5.41, 5.74) is 7.81. The van der Waals surface area contributed by atoms with Gasteiger partial charge in [0.2, 0.25) is 0 Å². The van der Waals surface area contributed by atoms with Gasteiger partial charge in [-0.25, -0.2) is 4.68 Å². The van der Waals surface area contributed by atoms with E-state index in [-0.39, 0.29) is 5.91 Å². The average Bonchev–Trinajstić information content (AvgIpc) is 3.17. The minimum Gasteiger partial charge on any atom is -0.366 e. The molecule has 1 aromatic heterocycles. The number of nitrogens with zero attached hydrogens (tertiary/aromatic N) is 2. The highest BCUT2D eigenvalue weighted by atomic mass is 16.2. The van der Waals surface area contributed by atoms with E-state index >= 15 is 0 Å². The molecule has 1 fully saturated rings. The maximum absolute atomic E-state index is 12.4. The number of nitrogens with two attached hydrogens (primary N) is 1. The number of hydrogen-bond donors (Lipinski definition) is 3. The number of aromatic nitrogens is 2. The van der Waals surface area contributed by atoms with Crippen molar-refractivity contribution in [3.05, 3.63) is 59.8 Å². The van der Waals surface area contributed by atoms with Crippen LogP contribution >= 0.6 is 0 Å². The number of hydrogen-bond acceptors (Lipinski definition) is 4. The van der Waals surface area contributed by atoms with Crippen LogP contribution in [0.1, 0.15) is 33.6 Å². The molecule has 2 amide bonds. The van der Waals surface area contributed by atoms with Crippen molar-refractivity contribution < 1.29 is 9.59 Å². The third-order valence-corrected chi connectivity index (χ3v) is 5.21. The van der Waals surface area contributed by atoms with E-state index in [4.69, 9.17) is 5.73 Å². The zero-order valence-electron chi connectivity index (χ0n) is 15.5. The molecule has 1 aliphatic heterocycles. The van der Waals surface area contributed by atoms with E-state index in [1.165, 1.54) is 0 Å². The lowest BCUT2D eigenvalue weighted by molar-refractivity contribution is 0.0943. The molecule has 28 heavy (non-hydrogen) atoms. The number of piperidine rings is 1. The van der Waals surface area contributed by atoms with Gasteiger partial charge < -0.3 is 16.4 Å². The smallest absolute Gasteiger partial charge is 0.251 e. The molecule has 0 spiro atoms. The van der Waals surface area contributed by atoms with Gasteiger partial charge in [-0.2, -0.15) is 5.10 Å². The van der Waals surface area contributed by atoms with Crippen molar-refractivity contribution in [2.24, 2.45) is 11.7 Å². The summed E-state index contributed by atoms with van der Waals surface area (Å²) in [7, 11) is 0. The van der Waals surface area contributed by atoms with Gasteiger partial charge in [-0.3, -0.25) is 9.59 Å². The summed E-state index contributed by atoms with van der Waals surface area (Å²) in [5.74, 6) is -0.0243. The fourth-order valence-electron chi connectivity index (χ4n) is 3.57. The normalized spacial score (nSPS) is 14.9. The first-order valence-corrected chi connectivity index (χ1v) is 9.49. The molecule has 4 N–H and O–H groups in total. The van der Waals surface area contributed by atoms with Crippen LogP contribution < -0.4 is 16.4 Å². The minimum atomic E-state index is -0.503. The topological polar surface area (TPSA) is 102 Å². The molecule has 0 saturated carbocycles. The monoisotopic (exact) mass is 377 g/mol. The summed E-state index contributed by atoms with van der Waals surface area (Å²) in [6.45, 7) is 2.75. The van der Waals surface area contributed by atoms with Gasteiger partial charge in [0.25, 0.3) is 11.8 Å². The maximum atomic E-state index is 12.4. The Bertz CT molecular complexity index is 1000. The molecule has 4 rings (SSSR count). The first-order chi connectivity index (χ1) is 13.6. The van der Waals surface area contributed by atoms with Crippen molar-refractivity contribution in [2.75, 3.05) is 19.6 Å². The summed E-state index contributed by atoms with van der Waals surface area (Å²) in [4.78, 5) is 24.0. The predicted molar refractivity (Wildman–Crippen MR) is 108 cm³/mol. The molecule has 144 valence electrons. The summed E-state index contributed by atoms with van der Waals surface area (Å²) >= 11 is 0. The molecule has 0 atom stereocenters. The number of carbonyl (C=O) groups excluding carboxylic acids is 2. The Kier molecular flexibility index (Phi) is 5.08. The maximum Gasteiger partial charge on any atom is 0.251 e. The molecule has 0 radical (unpaired) electrons. The molecule has 2 heterocycles. The third-order valence-electron chi connectivity index (χ3n) is 5.21. The highest BCUT2D eigenvalue weighted by Gasteiger charge is 2.15. The van der Waals surface area contributed by atoms with Gasteiger partial charge in [-0.15, -0.1) is 0 Å². The van der Waals surface area contributed by atoms with Crippen molar-refractivity contribution in [3.63, 3.8) is 0 Å². The Morgan fingerprint density at radius 2 is 1.89 bits per heavy atom. The molecule has 0 bridgehead atoms. The number of primary amides is 1.